The second-order valence-electron chi connectivity index (χ2n) is 5.30. The molecule has 1 heterocycles. The van der Waals surface area contributed by atoms with Crippen LogP contribution in [0.15, 0.2) is 40.1 Å². The first-order valence-electron chi connectivity index (χ1n) is 7.53. The van der Waals surface area contributed by atoms with Crippen molar-refractivity contribution in [1.29, 1.82) is 0 Å². The zero-order valence-electron chi connectivity index (χ0n) is 13.4. The highest BCUT2D eigenvalue weighted by molar-refractivity contribution is 7.90. The van der Waals surface area contributed by atoms with E-state index in [1.807, 2.05) is 4.90 Å². The third-order valence-electron chi connectivity index (χ3n) is 3.58. The Kier molecular flexibility index (Phi) is 5.20. The number of anilines is 1. The van der Waals surface area contributed by atoms with Gasteiger partial charge in [0.1, 0.15) is 10.7 Å². The lowest BCUT2D eigenvalue weighted by atomic mass is 10.1. The number of rotatable bonds is 6. The van der Waals surface area contributed by atoms with Gasteiger partial charge in [0.15, 0.2) is 0 Å². The van der Waals surface area contributed by atoms with E-state index in [-0.39, 0.29) is 10.8 Å². The van der Waals surface area contributed by atoms with Crippen molar-refractivity contribution in [3.05, 3.63) is 36.4 Å². The van der Waals surface area contributed by atoms with E-state index in [2.05, 4.69) is 23.2 Å². The number of nitrogens with one attached hydrogen (secondary N) is 1. The van der Waals surface area contributed by atoms with Crippen LogP contribution in [0.2, 0.25) is 0 Å². The predicted octanol–water partition coefficient (Wildman–Crippen LogP) is 2.33. The molecule has 1 aromatic rings. The maximum absolute atomic E-state index is 12.3. The van der Waals surface area contributed by atoms with E-state index in [4.69, 9.17) is 0 Å². The number of benzene rings is 1. The van der Waals surface area contributed by atoms with Gasteiger partial charge in [0, 0.05) is 18.7 Å². The third kappa shape index (κ3) is 3.61. The van der Waals surface area contributed by atoms with Crippen LogP contribution in [0.4, 0.5) is 5.69 Å². The summed E-state index contributed by atoms with van der Waals surface area (Å²) in [5, 5.41) is 2.64. The molecule has 124 valence electrons. The molecule has 0 aromatic heterocycles. The van der Waals surface area contributed by atoms with Gasteiger partial charge in [-0.1, -0.05) is 19.4 Å². The second kappa shape index (κ2) is 6.95. The minimum Gasteiger partial charge on any atom is -0.349 e. The van der Waals surface area contributed by atoms with E-state index in [1.54, 1.807) is 25.1 Å². The zero-order chi connectivity index (χ0) is 17.0. The summed E-state index contributed by atoms with van der Waals surface area (Å²) in [7, 11) is -3.78. The van der Waals surface area contributed by atoms with Crippen LogP contribution in [0.1, 0.15) is 37.0 Å². The van der Waals surface area contributed by atoms with Crippen LogP contribution < -0.4 is 10.2 Å². The summed E-state index contributed by atoms with van der Waals surface area (Å²) >= 11 is 0. The zero-order valence-corrected chi connectivity index (χ0v) is 14.2. The topological polar surface area (TPSA) is 78.8 Å². The molecule has 1 N–H and O–H groups in total. The second-order valence-corrected chi connectivity index (χ2v) is 6.87. The number of sulfonamides is 1. The Bertz CT molecular complexity index is 754. The van der Waals surface area contributed by atoms with E-state index in [0.29, 0.717) is 30.2 Å². The van der Waals surface area contributed by atoms with Gasteiger partial charge in [0.2, 0.25) is 0 Å². The Balaban J connectivity index is 2.44. The Morgan fingerprint density at radius 1 is 1.43 bits per heavy atom. The van der Waals surface area contributed by atoms with E-state index < -0.39 is 10.0 Å². The summed E-state index contributed by atoms with van der Waals surface area (Å²) in [6.45, 7) is 8.30. The van der Waals surface area contributed by atoms with Crippen molar-refractivity contribution in [1.82, 2.24) is 5.32 Å². The minimum atomic E-state index is -3.78. The molecule has 0 radical (unpaired) electrons. The van der Waals surface area contributed by atoms with Crippen molar-refractivity contribution < 1.29 is 13.2 Å². The summed E-state index contributed by atoms with van der Waals surface area (Å²) in [5.74, 6) is 0.115. The van der Waals surface area contributed by atoms with Crippen molar-refractivity contribution in [2.24, 2.45) is 4.40 Å². The summed E-state index contributed by atoms with van der Waals surface area (Å²) in [6, 6.07) is 4.69. The maximum atomic E-state index is 12.3. The molecule has 0 atom stereocenters. The van der Waals surface area contributed by atoms with Crippen LogP contribution in [0.5, 0.6) is 0 Å². The molecule has 0 fully saturated rings. The Morgan fingerprint density at radius 3 is 2.83 bits per heavy atom. The van der Waals surface area contributed by atoms with Crippen LogP contribution in [0.3, 0.4) is 0 Å². The number of hydrogen-bond acceptors (Lipinski definition) is 4. The highest BCUT2D eigenvalue weighted by atomic mass is 32.2. The lowest BCUT2D eigenvalue weighted by Crippen LogP contribution is -2.35. The number of amidine groups is 1. The van der Waals surface area contributed by atoms with Gasteiger partial charge in [-0.3, -0.25) is 4.79 Å². The van der Waals surface area contributed by atoms with Gasteiger partial charge in [-0.25, -0.2) is 0 Å². The first kappa shape index (κ1) is 17.2. The fourth-order valence-corrected chi connectivity index (χ4v) is 3.66. The largest absolute Gasteiger partial charge is 0.349 e. The Morgan fingerprint density at radius 2 is 2.17 bits per heavy atom. The molecular weight excluding hydrogens is 314 g/mol. The van der Waals surface area contributed by atoms with Gasteiger partial charge in [0.05, 0.1) is 5.69 Å². The first-order chi connectivity index (χ1) is 10.9. The van der Waals surface area contributed by atoms with Gasteiger partial charge in [-0.05, 0) is 31.5 Å². The van der Waals surface area contributed by atoms with Crippen molar-refractivity contribution in [3.63, 3.8) is 0 Å². The maximum Gasteiger partial charge on any atom is 0.286 e. The summed E-state index contributed by atoms with van der Waals surface area (Å²) in [4.78, 5) is 14.0. The smallest absolute Gasteiger partial charge is 0.286 e. The van der Waals surface area contributed by atoms with Gasteiger partial charge in [-0.15, -0.1) is 11.0 Å². The van der Waals surface area contributed by atoms with Crippen molar-refractivity contribution in [3.8, 4) is 0 Å². The summed E-state index contributed by atoms with van der Waals surface area (Å²) < 4.78 is 28.5. The molecule has 1 amide bonds. The fourth-order valence-electron chi connectivity index (χ4n) is 2.40. The normalized spacial score (nSPS) is 15.6. The van der Waals surface area contributed by atoms with Gasteiger partial charge in [0.25, 0.3) is 15.9 Å². The predicted molar refractivity (Wildman–Crippen MR) is 91.5 cm³/mol. The van der Waals surface area contributed by atoms with Crippen LogP contribution in [0, 0.1) is 0 Å². The minimum absolute atomic E-state index is 0.0745. The van der Waals surface area contributed by atoms with E-state index >= 15 is 0 Å². The monoisotopic (exact) mass is 335 g/mol. The molecule has 1 aliphatic rings. The lowest BCUT2D eigenvalue weighted by molar-refractivity contribution is 0.0958. The highest BCUT2D eigenvalue weighted by Gasteiger charge is 2.29. The number of amides is 1. The van der Waals surface area contributed by atoms with Crippen LogP contribution in [-0.4, -0.2) is 33.3 Å². The summed E-state index contributed by atoms with van der Waals surface area (Å²) in [6.07, 6.45) is 3.48. The quantitative estimate of drug-likeness (QED) is 0.809. The SMILES string of the molecule is C=CCNC(=O)c1ccc2c(c1)S(=O)(=O)N=C(C)N2CCCC. The van der Waals surface area contributed by atoms with E-state index in [0.717, 1.165) is 12.8 Å². The van der Waals surface area contributed by atoms with Crippen LogP contribution in [0.25, 0.3) is 0 Å². The average Bonchev–Trinajstić information content (AvgIpc) is 2.51. The van der Waals surface area contributed by atoms with E-state index in [1.165, 1.54) is 6.07 Å². The highest BCUT2D eigenvalue weighted by Crippen LogP contribution is 2.32. The molecule has 1 aromatic carbocycles. The molecule has 23 heavy (non-hydrogen) atoms. The van der Waals surface area contributed by atoms with Crippen LogP contribution >= 0.6 is 0 Å². The molecule has 0 spiro atoms. The number of unbranched alkanes of at least 4 members (excludes halogenated alkanes) is 1. The van der Waals surface area contributed by atoms with Gasteiger partial charge >= 0.3 is 0 Å². The molecule has 7 heteroatoms. The van der Waals surface area contributed by atoms with Gasteiger partial charge in [-0.2, -0.15) is 8.42 Å². The molecule has 0 saturated carbocycles. The molecule has 1 aliphatic heterocycles. The standard InChI is InChI=1S/C16H21N3O3S/c1-4-6-10-19-12(3)18-23(21,22)15-11-13(7-8-14(15)19)16(20)17-9-5-2/h5,7-8,11H,2,4,6,9-10H2,1,3H3,(H,17,20). The summed E-state index contributed by atoms with van der Waals surface area (Å²) in [5.41, 5.74) is 0.866. The fraction of sp³-hybridized carbons (Fsp3) is 0.375. The average molecular weight is 335 g/mol. The Labute approximate surface area is 137 Å². The van der Waals surface area contributed by atoms with Crippen LogP contribution in [-0.2, 0) is 10.0 Å². The molecule has 2 rings (SSSR count). The molecule has 0 saturated heterocycles. The van der Waals surface area contributed by atoms with Gasteiger partial charge < -0.3 is 10.2 Å². The molecule has 0 unspecified atom stereocenters. The van der Waals surface area contributed by atoms with Crippen molar-refractivity contribution >= 4 is 27.5 Å². The molecule has 6 nitrogen and oxygen atoms in total. The first-order valence-corrected chi connectivity index (χ1v) is 8.97. The number of fused-ring (bicyclic) bond motifs is 1. The Hall–Kier alpha value is -2.15. The molecular formula is C16H21N3O3S. The third-order valence-corrected chi connectivity index (χ3v) is 4.96. The van der Waals surface area contributed by atoms with E-state index in [9.17, 15) is 13.2 Å². The number of hydrogen-bond donors (Lipinski definition) is 1. The molecule has 0 bridgehead atoms. The number of carbonyl (C=O) groups is 1. The number of nitrogens with zero attached hydrogens (tertiary/aromatic N) is 2. The number of carbonyl (C=O) groups excluding carboxylic acids is 1. The van der Waals surface area contributed by atoms with Crippen molar-refractivity contribution in [2.75, 3.05) is 18.0 Å². The molecule has 0 aliphatic carbocycles. The van der Waals surface area contributed by atoms with Crippen molar-refractivity contribution in [2.45, 2.75) is 31.6 Å². The lowest BCUT2D eigenvalue weighted by Gasteiger charge is -2.29.